The Morgan fingerprint density at radius 3 is 2.80 bits per heavy atom. The van der Waals surface area contributed by atoms with Gasteiger partial charge in [-0.3, -0.25) is 0 Å². The van der Waals surface area contributed by atoms with Crippen molar-refractivity contribution < 1.29 is 0 Å². The van der Waals surface area contributed by atoms with Crippen LogP contribution >= 0.6 is 34.5 Å². The number of nitrogens with zero attached hydrogens (tertiary/aromatic N) is 2. The Morgan fingerprint density at radius 1 is 1.35 bits per heavy atom. The summed E-state index contributed by atoms with van der Waals surface area (Å²) < 4.78 is 2.16. The molecule has 5 heteroatoms. The zero-order valence-corrected chi connectivity index (χ0v) is 13.6. The zero-order chi connectivity index (χ0) is 14.3. The fraction of sp³-hybridized carbons (Fsp3) is 0.267. The first-order chi connectivity index (χ1) is 9.56. The van der Waals surface area contributed by atoms with Crippen molar-refractivity contribution in [2.45, 2.75) is 25.8 Å². The van der Waals surface area contributed by atoms with E-state index >= 15 is 0 Å². The molecule has 20 heavy (non-hydrogen) atoms. The maximum atomic E-state index is 6.29. The lowest BCUT2D eigenvalue weighted by molar-refractivity contribution is 0.748. The predicted molar refractivity (Wildman–Crippen MR) is 87.2 cm³/mol. The van der Waals surface area contributed by atoms with Crippen molar-refractivity contribution in [2.24, 2.45) is 0 Å². The minimum atomic E-state index is -0.138. The minimum absolute atomic E-state index is 0.138. The van der Waals surface area contributed by atoms with Gasteiger partial charge >= 0.3 is 0 Å². The van der Waals surface area contributed by atoms with Crippen LogP contribution in [-0.2, 0) is 6.54 Å². The second-order valence-corrected chi connectivity index (χ2v) is 6.92. The Balaban J connectivity index is 2.18. The van der Waals surface area contributed by atoms with E-state index in [0.29, 0.717) is 0 Å². The molecule has 0 spiro atoms. The molecule has 0 N–H and O–H groups in total. The molecule has 2 heterocycles. The Labute approximate surface area is 132 Å². The van der Waals surface area contributed by atoms with E-state index in [0.717, 1.165) is 28.4 Å². The smallest absolute Gasteiger partial charge is 0.128 e. The van der Waals surface area contributed by atoms with Gasteiger partial charge in [0.15, 0.2) is 0 Å². The Bertz CT molecular complexity index is 758. The van der Waals surface area contributed by atoms with Gasteiger partial charge in [-0.1, -0.05) is 11.6 Å². The molecule has 2 nitrogen and oxygen atoms in total. The molecule has 1 atom stereocenters. The molecule has 1 unspecified atom stereocenters. The van der Waals surface area contributed by atoms with Crippen LogP contribution in [0.5, 0.6) is 0 Å². The van der Waals surface area contributed by atoms with Crippen molar-refractivity contribution in [1.82, 2.24) is 9.55 Å². The largest absolute Gasteiger partial charge is 0.321 e. The quantitative estimate of drug-likeness (QED) is 0.589. The summed E-state index contributed by atoms with van der Waals surface area (Å²) in [7, 11) is 0. The first-order valence-corrected chi connectivity index (χ1v) is 8.08. The monoisotopic (exact) mass is 324 g/mol. The van der Waals surface area contributed by atoms with E-state index in [2.05, 4.69) is 27.9 Å². The Morgan fingerprint density at radius 2 is 2.15 bits per heavy atom. The van der Waals surface area contributed by atoms with Gasteiger partial charge in [0.1, 0.15) is 5.82 Å². The highest BCUT2D eigenvalue weighted by Gasteiger charge is 2.16. The van der Waals surface area contributed by atoms with Crippen LogP contribution in [0.2, 0.25) is 5.02 Å². The second kappa shape index (κ2) is 5.40. The highest BCUT2D eigenvalue weighted by molar-refractivity contribution is 7.10. The van der Waals surface area contributed by atoms with E-state index in [-0.39, 0.29) is 5.38 Å². The van der Waals surface area contributed by atoms with Gasteiger partial charge in [0.2, 0.25) is 0 Å². The van der Waals surface area contributed by atoms with Gasteiger partial charge in [-0.2, -0.15) is 0 Å². The fourth-order valence-corrected chi connectivity index (χ4v) is 3.52. The first-order valence-electron chi connectivity index (χ1n) is 6.39. The topological polar surface area (TPSA) is 17.8 Å². The van der Waals surface area contributed by atoms with Crippen LogP contribution in [-0.4, -0.2) is 9.55 Å². The van der Waals surface area contributed by atoms with Crippen LogP contribution in [0.3, 0.4) is 0 Å². The van der Waals surface area contributed by atoms with Gasteiger partial charge in [-0.15, -0.1) is 22.9 Å². The van der Waals surface area contributed by atoms with E-state index in [4.69, 9.17) is 23.2 Å². The number of aryl methyl sites for hydroxylation is 1. The molecule has 3 aromatic rings. The maximum Gasteiger partial charge on any atom is 0.128 e. The normalized spacial score (nSPS) is 13.0. The summed E-state index contributed by atoms with van der Waals surface area (Å²) in [6.45, 7) is 4.86. The molecule has 0 fully saturated rings. The average molecular weight is 325 g/mol. The lowest BCUT2D eigenvalue weighted by Gasteiger charge is -2.10. The van der Waals surface area contributed by atoms with E-state index in [1.54, 1.807) is 11.3 Å². The summed E-state index contributed by atoms with van der Waals surface area (Å²) in [5.74, 6) is 0.886. The zero-order valence-electron chi connectivity index (χ0n) is 11.2. The number of rotatable bonds is 3. The molecule has 0 aliphatic rings. The number of hydrogen-bond acceptors (Lipinski definition) is 2. The molecule has 0 radical (unpaired) electrons. The van der Waals surface area contributed by atoms with Gasteiger partial charge in [-0.05, 0) is 49.1 Å². The van der Waals surface area contributed by atoms with E-state index in [9.17, 15) is 0 Å². The van der Waals surface area contributed by atoms with Crippen molar-refractivity contribution in [2.75, 3.05) is 0 Å². The van der Waals surface area contributed by atoms with Crippen LogP contribution in [0.15, 0.2) is 29.6 Å². The number of aromatic nitrogens is 2. The Kier molecular flexibility index (Phi) is 3.76. The number of fused-ring (bicyclic) bond motifs is 1. The molecule has 0 saturated heterocycles. The molecule has 1 aromatic carbocycles. The van der Waals surface area contributed by atoms with Crippen LogP contribution in [0.1, 0.15) is 28.6 Å². The highest BCUT2D eigenvalue weighted by Crippen LogP contribution is 2.29. The lowest BCUT2D eigenvalue weighted by atomic mass is 10.2. The summed E-state index contributed by atoms with van der Waals surface area (Å²) in [4.78, 5) is 5.96. The number of imidazole rings is 1. The molecule has 3 rings (SSSR count). The van der Waals surface area contributed by atoms with E-state index < -0.39 is 0 Å². The van der Waals surface area contributed by atoms with Crippen molar-refractivity contribution in [1.29, 1.82) is 0 Å². The van der Waals surface area contributed by atoms with Gasteiger partial charge in [0.25, 0.3) is 0 Å². The number of thiophene rings is 1. The second-order valence-electron chi connectivity index (χ2n) is 4.83. The number of halogens is 2. The lowest BCUT2D eigenvalue weighted by Crippen LogP contribution is -2.05. The van der Waals surface area contributed by atoms with E-state index in [1.807, 2.05) is 25.1 Å². The van der Waals surface area contributed by atoms with Gasteiger partial charge in [0.05, 0.1) is 23.0 Å². The van der Waals surface area contributed by atoms with Gasteiger partial charge in [0, 0.05) is 9.90 Å². The highest BCUT2D eigenvalue weighted by atomic mass is 35.5. The molecule has 0 bridgehead atoms. The Hall–Kier alpha value is -1.03. The van der Waals surface area contributed by atoms with E-state index in [1.165, 1.54) is 10.4 Å². The van der Waals surface area contributed by atoms with Crippen molar-refractivity contribution in [3.05, 3.63) is 50.9 Å². The average Bonchev–Trinajstić information content (AvgIpc) is 2.95. The molecular formula is C15H14Cl2N2S. The first kappa shape index (κ1) is 13.9. The molecular weight excluding hydrogens is 311 g/mol. The van der Waals surface area contributed by atoms with Crippen LogP contribution < -0.4 is 0 Å². The molecule has 0 aliphatic carbocycles. The third kappa shape index (κ3) is 2.46. The minimum Gasteiger partial charge on any atom is -0.321 e. The molecule has 0 aliphatic heterocycles. The number of benzene rings is 1. The van der Waals surface area contributed by atoms with Crippen LogP contribution in [0, 0.1) is 6.92 Å². The third-order valence-electron chi connectivity index (χ3n) is 3.37. The fourth-order valence-electron chi connectivity index (χ4n) is 2.29. The summed E-state index contributed by atoms with van der Waals surface area (Å²) in [6, 6.07) is 7.89. The third-order valence-corrected chi connectivity index (χ3v) is 4.80. The molecule has 0 saturated carbocycles. The molecule has 0 amide bonds. The van der Waals surface area contributed by atoms with Gasteiger partial charge < -0.3 is 4.57 Å². The summed E-state index contributed by atoms with van der Waals surface area (Å²) >= 11 is 14.2. The van der Waals surface area contributed by atoms with Crippen LogP contribution in [0.25, 0.3) is 11.0 Å². The predicted octanol–water partition coefficient (Wildman–Crippen LogP) is 5.41. The summed E-state index contributed by atoms with van der Waals surface area (Å²) in [6.07, 6.45) is 0. The summed E-state index contributed by atoms with van der Waals surface area (Å²) in [5, 5.41) is 2.69. The SMILES string of the molecule is Cc1ccsc1Cn1c(C(C)Cl)nc2ccc(Cl)cc21. The molecule has 2 aromatic heterocycles. The molecule has 104 valence electrons. The van der Waals surface area contributed by atoms with Crippen molar-refractivity contribution in [3.8, 4) is 0 Å². The number of hydrogen-bond donors (Lipinski definition) is 0. The standard InChI is InChI=1S/C15H14Cl2N2S/c1-9-5-6-20-14(9)8-19-13-7-11(17)3-4-12(13)18-15(19)10(2)16/h3-7,10H,8H2,1-2H3. The van der Waals surface area contributed by atoms with Crippen molar-refractivity contribution in [3.63, 3.8) is 0 Å². The number of alkyl halides is 1. The van der Waals surface area contributed by atoms with Crippen LogP contribution in [0.4, 0.5) is 0 Å². The maximum absolute atomic E-state index is 6.29. The summed E-state index contributed by atoms with van der Waals surface area (Å²) in [5.41, 5.74) is 3.27. The van der Waals surface area contributed by atoms with Crippen molar-refractivity contribution >= 4 is 45.6 Å². The van der Waals surface area contributed by atoms with Gasteiger partial charge in [-0.25, -0.2) is 4.98 Å².